The molecule has 1 saturated heterocycles. The van der Waals surface area contributed by atoms with Gasteiger partial charge in [-0.2, -0.15) is 11.8 Å². The number of nitrogens with one attached hydrogen (secondary N) is 2. The average Bonchev–Trinajstić information content (AvgIpc) is 2.78. The van der Waals surface area contributed by atoms with Crippen molar-refractivity contribution >= 4 is 23.5 Å². The Bertz CT molecular complexity index is 476. The third-order valence-electron chi connectivity index (χ3n) is 3.10. The Kier molecular flexibility index (Phi) is 4.31. The largest absolute Gasteiger partial charge is 0.387 e. The van der Waals surface area contributed by atoms with E-state index in [4.69, 9.17) is 0 Å². The fourth-order valence-electron chi connectivity index (χ4n) is 1.91. The summed E-state index contributed by atoms with van der Waals surface area (Å²) < 4.78 is 12.9. The molecule has 6 heteroatoms. The molecule has 1 fully saturated rings. The number of carbonyl (C=O) groups excluding carboxylic acids is 1. The molecule has 0 aliphatic carbocycles. The molecule has 104 valence electrons. The number of hydrogen-bond acceptors (Lipinski definition) is 3. The first-order valence-electron chi connectivity index (χ1n) is 6.10. The summed E-state index contributed by atoms with van der Waals surface area (Å²) in [6, 6.07) is 3.78. The molecule has 4 nitrogen and oxygen atoms in total. The van der Waals surface area contributed by atoms with Crippen LogP contribution in [-0.4, -0.2) is 34.8 Å². The second-order valence-electron chi connectivity index (χ2n) is 4.79. The fraction of sp³-hybridized carbons (Fsp3) is 0.462. The first kappa shape index (κ1) is 14.1. The van der Waals surface area contributed by atoms with E-state index in [1.165, 1.54) is 18.2 Å². The maximum Gasteiger partial charge on any atom is 0.319 e. The summed E-state index contributed by atoms with van der Waals surface area (Å²) in [5, 5.41) is 15.4. The summed E-state index contributed by atoms with van der Waals surface area (Å²) in [7, 11) is 0. The highest BCUT2D eigenvalue weighted by molar-refractivity contribution is 7.99. The Morgan fingerprint density at radius 2 is 2.37 bits per heavy atom. The van der Waals surface area contributed by atoms with E-state index < -0.39 is 5.60 Å². The molecule has 1 unspecified atom stereocenters. The quantitative estimate of drug-likeness (QED) is 0.797. The Labute approximate surface area is 115 Å². The van der Waals surface area contributed by atoms with Crippen molar-refractivity contribution in [1.82, 2.24) is 5.32 Å². The SMILES string of the molecule is Cc1cc(F)ccc1NC(=O)NCC1(O)CCSC1. The molecule has 1 atom stereocenters. The zero-order chi connectivity index (χ0) is 13.9. The van der Waals surface area contributed by atoms with Gasteiger partial charge in [0.2, 0.25) is 0 Å². The van der Waals surface area contributed by atoms with Crippen molar-refractivity contribution in [3.8, 4) is 0 Å². The Hall–Kier alpha value is -1.27. The molecule has 0 saturated carbocycles. The molecular formula is C13H17FN2O2S. The summed E-state index contributed by atoms with van der Waals surface area (Å²) in [5.41, 5.74) is 0.414. The van der Waals surface area contributed by atoms with E-state index in [1.807, 2.05) is 0 Å². The summed E-state index contributed by atoms with van der Waals surface area (Å²) in [6.45, 7) is 1.95. The lowest BCUT2D eigenvalue weighted by Gasteiger charge is -2.21. The molecule has 2 amide bonds. The van der Waals surface area contributed by atoms with Crippen molar-refractivity contribution < 1.29 is 14.3 Å². The molecule has 0 radical (unpaired) electrons. The van der Waals surface area contributed by atoms with Gasteiger partial charge in [0.05, 0.1) is 5.60 Å². The van der Waals surface area contributed by atoms with Crippen LogP contribution in [0.1, 0.15) is 12.0 Å². The number of aliphatic hydroxyl groups is 1. The normalized spacial score (nSPS) is 22.3. The summed E-state index contributed by atoms with van der Waals surface area (Å²) in [4.78, 5) is 11.7. The standard InChI is InChI=1S/C13H17FN2O2S/c1-9-6-10(14)2-3-11(9)16-12(17)15-7-13(18)4-5-19-8-13/h2-3,6,18H,4-5,7-8H2,1H3,(H2,15,16,17). The number of halogens is 1. The molecule has 3 N–H and O–H groups in total. The second-order valence-corrected chi connectivity index (χ2v) is 5.90. The van der Waals surface area contributed by atoms with Crippen molar-refractivity contribution in [1.29, 1.82) is 0 Å². The minimum absolute atomic E-state index is 0.228. The number of urea groups is 1. The number of benzene rings is 1. The molecular weight excluding hydrogens is 267 g/mol. The van der Waals surface area contributed by atoms with Gasteiger partial charge >= 0.3 is 6.03 Å². The molecule has 1 aliphatic heterocycles. The summed E-state index contributed by atoms with van der Waals surface area (Å²) >= 11 is 1.68. The predicted molar refractivity (Wildman–Crippen MR) is 75.1 cm³/mol. The maximum atomic E-state index is 12.9. The molecule has 19 heavy (non-hydrogen) atoms. The number of thioether (sulfide) groups is 1. The lowest BCUT2D eigenvalue weighted by atomic mass is 10.0. The van der Waals surface area contributed by atoms with Crippen LogP contribution in [0.2, 0.25) is 0 Å². The molecule has 2 rings (SSSR count). The van der Waals surface area contributed by atoms with Crippen molar-refractivity contribution in [3.63, 3.8) is 0 Å². The van der Waals surface area contributed by atoms with Crippen molar-refractivity contribution in [2.45, 2.75) is 18.9 Å². The van der Waals surface area contributed by atoms with E-state index in [9.17, 15) is 14.3 Å². The fourth-order valence-corrected chi connectivity index (χ4v) is 3.21. The van der Waals surface area contributed by atoms with Crippen LogP contribution in [0, 0.1) is 12.7 Å². The highest BCUT2D eigenvalue weighted by atomic mass is 32.2. The molecule has 1 aliphatic rings. The smallest absolute Gasteiger partial charge is 0.319 e. The van der Waals surface area contributed by atoms with Gasteiger partial charge in [-0.3, -0.25) is 0 Å². The summed E-state index contributed by atoms with van der Waals surface area (Å²) in [6.07, 6.45) is 0.688. The number of hydrogen-bond donors (Lipinski definition) is 3. The number of rotatable bonds is 3. The van der Waals surface area contributed by atoms with E-state index >= 15 is 0 Å². The van der Waals surface area contributed by atoms with E-state index in [0.717, 1.165) is 5.75 Å². The first-order valence-corrected chi connectivity index (χ1v) is 7.25. The average molecular weight is 284 g/mol. The van der Waals surface area contributed by atoms with E-state index in [2.05, 4.69) is 10.6 Å². The molecule has 0 bridgehead atoms. The minimum Gasteiger partial charge on any atom is -0.387 e. The van der Waals surface area contributed by atoms with Crippen molar-refractivity contribution in [3.05, 3.63) is 29.6 Å². The van der Waals surface area contributed by atoms with Gasteiger partial charge in [-0.1, -0.05) is 0 Å². The number of amides is 2. The van der Waals surface area contributed by atoms with Gasteiger partial charge in [0, 0.05) is 18.0 Å². The van der Waals surface area contributed by atoms with E-state index in [-0.39, 0.29) is 18.4 Å². The summed E-state index contributed by atoms with van der Waals surface area (Å²) in [5.74, 6) is 1.22. The van der Waals surface area contributed by atoms with Crippen LogP contribution >= 0.6 is 11.8 Å². The van der Waals surface area contributed by atoms with Gasteiger partial charge in [-0.15, -0.1) is 0 Å². The lowest BCUT2D eigenvalue weighted by Crippen LogP contribution is -2.44. The molecule has 1 aromatic rings. The van der Waals surface area contributed by atoms with Gasteiger partial charge < -0.3 is 15.7 Å². The Morgan fingerprint density at radius 3 is 3.00 bits per heavy atom. The maximum absolute atomic E-state index is 12.9. The van der Waals surface area contributed by atoms with Gasteiger partial charge in [-0.25, -0.2) is 9.18 Å². The third kappa shape index (κ3) is 3.84. The molecule has 0 spiro atoms. The molecule has 0 aromatic heterocycles. The molecule has 1 heterocycles. The molecule has 1 aromatic carbocycles. The second kappa shape index (κ2) is 5.79. The minimum atomic E-state index is -0.806. The zero-order valence-corrected chi connectivity index (χ0v) is 11.5. The van der Waals surface area contributed by atoms with Crippen LogP contribution in [-0.2, 0) is 0 Å². The monoisotopic (exact) mass is 284 g/mol. The van der Waals surface area contributed by atoms with Crippen LogP contribution in [0.25, 0.3) is 0 Å². The van der Waals surface area contributed by atoms with Crippen LogP contribution in [0.4, 0.5) is 14.9 Å². The van der Waals surface area contributed by atoms with Crippen LogP contribution in [0.3, 0.4) is 0 Å². The number of anilines is 1. The Morgan fingerprint density at radius 1 is 1.58 bits per heavy atom. The van der Waals surface area contributed by atoms with Gasteiger partial charge in [0.1, 0.15) is 5.82 Å². The van der Waals surface area contributed by atoms with E-state index in [1.54, 1.807) is 18.7 Å². The highest BCUT2D eigenvalue weighted by Crippen LogP contribution is 2.27. The topological polar surface area (TPSA) is 61.4 Å². The predicted octanol–water partition coefficient (Wildman–Crippen LogP) is 2.12. The van der Waals surface area contributed by atoms with Crippen LogP contribution in [0.15, 0.2) is 18.2 Å². The van der Waals surface area contributed by atoms with Crippen molar-refractivity contribution in [2.24, 2.45) is 0 Å². The van der Waals surface area contributed by atoms with E-state index in [0.29, 0.717) is 23.4 Å². The van der Waals surface area contributed by atoms with Crippen LogP contribution in [0.5, 0.6) is 0 Å². The number of carbonyl (C=O) groups is 1. The van der Waals surface area contributed by atoms with Crippen LogP contribution < -0.4 is 10.6 Å². The lowest BCUT2D eigenvalue weighted by molar-refractivity contribution is 0.0706. The zero-order valence-electron chi connectivity index (χ0n) is 10.7. The van der Waals surface area contributed by atoms with Gasteiger partial charge in [0.15, 0.2) is 0 Å². The third-order valence-corrected chi connectivity index (χ3v) is 4.33. The first-order chi connectivity index (χ1) is 8.98. The highest BCUT2D eigenvalue weighted by Gasteiger charge is 2.31. The number of aryl methyl sites for hydroxylation is 1. The van der Waals surface area contributed by atoms with Gasteiger partial charge in [0.25, 0.3) is 0 Å². The Balaban J connectivity index is 1.87. The van der Waals surface area contributed by atoms with Gasteiger partial charge in [-0.05, 0) is 42.9 Å². The van der Waals surface area contributed by atoms with Crippen molar-refractivity contribution in [2.75, 3.05) is 23.4 Å².